The molecule has 3 rings (SSSR count). The molecule has 1 N–H and O–H groups in total. The van der Waals surface area contributed by atoms with E-state index in [0.717, 1.165) is 12.8 Å². The normalized spacial score (nSPS) is 17.1. The molecule has 0 aliphatic carbocycles. The molecule has 2 aromatic rings. The van der Waals surface area contributed by atoms with Crippen LogP contribution in [-0.2, 0) is 11.2 Å². The molecule has 124 valence electrons. The smallest absolute Gasteiger partial charge is 0.271 e. The predicted octanol–water partition coefficient (Wildman–Crippen LogP) is 1.44. The Morgan fingerprint density at radius 3 is 2.83 bits per heavy atom. The van der Waals surface area contributed by atoms with Gasteiger partial charge in [-0.3, -0.25) is 14.6 Å². The predicted molar refractivity (Wildman–Crippen MR) is 89.2 cm³/mol. The molecule has 0 bridgehead atoms. The molecule has 0 radical (unpaired) electrons. The maximum atomic E-state index is 12.1. The first kappa shape index (κ1) is 16.1. The van der Waals surface area contributed by atoms with Crippen LogP contribution in [0, 0.1) is 0 Å². The van der Waals surface area contributed by atoms with Crippen LogP contribution in [0.15, 0.2) is 48.9 Å². The van der Waals surface area contributed by atoms with Crippen molar-refractivity contribution in [3.8, 4) is 0 Å². The summed E-state index contributed by atoms with van der Waals surface area (Å²) < 4.78 is 0. The number of nitrogens with one attached hydrogen (secondary N) is 1. The SMILES string of the molecule is O=C(NC1CC(=O)N(CCCc2ccccc2)C1)c1cnccn1. The van der Waals surface area contributed by atoms with Gasteiger partial charge in [-0.15, -0.1) is 0 Å². The number of aromatic nitrogens is 2. The lowest BCUT2D eigenvalue weighted by Gasteiger charge is -2.17. The number of hydrogen-bond acceptors (Lipinski definition) is 4. The maximum absolute atomic E-state index is 12.1. The number of aryl methyl sites for hydroxylation is 1. The van der Waals surface area contributed by atoms with Crippen molar-refractivity contribution in [2.24, 2.45) is 0 Å². The molecule has 0 spiro atoms. The first-order chi connectivity index (χ1) is 11.7. The summed E-state index contributed by atoms with van der Waals surface area (Å²) in [6.45, 7) is 1.27. The van der Waals surface area contributed by atoms with Crippen molar-refractivity contribution in [2.75, 3.05) is 13.1 Å². The van der Waals surface area contributed by atoms with Crippen molar-refractivity contribution < 1.29 is 9.59 Å². The van der Waals surface area contributed by atoms with Crippen LogP contribution in [0.2, 0.25) is 0 Å². The third-order valence-electron chi connectivity index (χ3n) is 4.08. The fourth-order valence-corrected chi connectivity index (χ4v) is 2.88. The van der Waals surface area contributed by atoms with Crippen molar-refractivity contribution >= 4 is 11.8 Å². The van der Waals surface area contributed by atoms with Crippen molar-refractivity contribution in [2.45, 2.75) is 25.3 Å². The Kier molecular flexibility index (Phi) is 5.15. The molecule has 1 aliphatic rings. The molecule has 1 unspecified atom stereocenters. The lowest BCUT2D eigenvalue weighted by atomic mass is 10.1. The minimum absolute atomic E-state index is 0.0903. The lowest BCUT2D eigenvalue weighted by molar-refractivity contribution is -0.127. The minimum Gasteiger partial charge on any atom is -0.346 e. The van der Waals surface area contributed by atoms with E-state index >= 15 is 0 Å². The highest BCUT2D eigenvalue weighted by molar-refractivity contribution is 5.93. The summed E-state index contributed by atoms with van der Waals surface area (Å²) in [4.78, 5) is 33.8. The molecule has 2 amide bonds. The second-order valence-corrected chi connectivity index (χ2v) is 5.89. The van der Waals surface area contributed by atoms with E-state index in [1.165, 1.54) is 24.2 Å². The van der Waals surface area contributed by atoms with E-state index in [1.54, 1.807) is 0 Å². The minimum atomic E-state index is -0.285. The van der Waals surface area contributed by atoms with E-state index in [1.807, 2.05) is 23.1 Å². The van der Waals surface area contributed by atoms with E-state index < -0.39 is 0 Å². The first-order valence-electron chi connectivity index (χ1n) is 8.11. The monoisotopic (exact) mass is 324 g/mol. The average molecular weight is 324 g/mol. The topological polar surface area (TPSA) is 75.2 Å². The zero-order valence-corrected chi connectivity index (χ0v) is 13.4. The van der Waals surface area contributed by atoms with Crippen molar-refractivity contribution in [3.05, 3.63) is 60.2 Å². The second kappa shape index (κ2) is 7.68. The van der Waals surface area contributed by atoms with Gasteiger partial charge in [0.05, 0.1) is 12.2 Å². The Labute approximate surface area is 140 Å². The largest absolute Gasteiger partial charge is 0.346 e. The molecule has 1 atom stereocenters. The number of amides is 2. The van der Waals surface area contributed by atoms with Crippen LogP contribution in [0.3, 0.4) is 0 Å². The number of benzene rings is 1. The highest BCUT2D eigenvalue weighted by Gasteiger charge is 2.30. The van der Waals surface area contributed by atoms with Crippen molar-refractivity contribution in [1.29, 1.82) is 0 Å². The van der Waals surface area contributed by atoms with Gasteiger partial charge < -0.3 is 10.2 Å². The van der Waals surface area contributed by atoms with Crippen LogP contribution in [0.5, 0.6) is 0 Å². The number of carbonyl (C=O) groups is 2. The number of likely N-dealkylation sites (tertiary alicyclic amines) is 1. The van der Waals surface area contributed by atoms with Gasteiger partial charge in [-0.25, -0.2) is 4.98 Å². The number of rotatable bonds is 6. The average Bonchev–Trinajstić information content (AvgIpc) is 2.96. The zero-order chi connectivity index (χ0) is 16.8. The van der Waals surface area contributed by atoms with Crippen LogP contribution < -0.4 is 5.32 Å². The molecule has 1 saturated heterocycles. The summed E-state index contributed by atoms with van der Waals surface area (Å²) in [6.07, 6.45) is 6.62. The Bertz CT molecular complexity index is 691. The molecule has 2 heterocycles. The number of nitrogens with zero attached hydrogens (tertiary/aromatic N) is 3. The molecule has 1 fully saturated rings. The molecule has 1 aromatic carbocycles. The Morgan fingerprint density at radius 2 is 2.08 bits per heavy atom. The van der Waals surface area contributed by atoms with E-state index in [-0.39, 0.29) is 23.6 Å². The second-order valence-electron chi connectivity index (χ2n) is 5.89. The first-order valence-corrected chi connectivity index (χ1v) is 8.11. The number of hydrogen-bond donors (Lipinski definition) is 1. The standard InChI is InChI=1S/C18H20N4O2/c23-17-11-15(21-18(24)16-12-19-8-9-20-16)13-22(17)10-4-7-14-5-2-1-3-6-14/h1-3,5-6,8-9,12,15H,4,7,10-11,13H2,(H,21,24). The van der Waals surface area contributed by atoms with Gasteiger partial charge in [0.25, 0.3) is 5.91 Å². The molecular formula is C18H20N4O2. The summed E-state index contributed by atoms with van der Waals surface area (Å²) in [5.41, 5.74) is 1.55. The van der Waals surface area contributed by atoms with Gasteiger partial charge in [0.1, 0.15) is 5.69 Å². The van der Waals surface area contributed by atoms with Gasteiger partial charge in [0.15, 0.2) is 0 Å². The van der Waals surface area contributed by atoms with Gasteiger partial charge in [0, 0.05) is 31.9 Å². The lowest BCUT2D eigenvalue weighted by Crippen LogP contribution is -2.37. The summed E-state index contributed by atoms with van der Waals surface area (Å²) in [5, 5.41) is 2.86. The molecule has 6 heteroatoms. The fourth-order valence-electron chi connectivity index (χ4n) is 2.88. The Balaban J connectivity index is 1.46. The fraction of sp³-hybridized carbons (Fsp3) is 0.333. The van der Waals surface area contributed by atoms with Crippen molar-refractivity contribution in [1.82, 2.24) is 20.2 Å². The highest BCUT2D eigenvalue weighted by Crippen LogP contribution is 2.13. The van der Waals surface area contributed by atoms with E-state index in [2.05, 4.69) is 27.4 Å². The zero-order valence-electron chi connectivity index (χ0n) is 13.4. The highest BCUT2D eigenvalue weighted by atomic mass is 16.2. The summed E-state index contributed by atoms with van der Waals surface area (Å²) in [7, 11) is 0. The molecular weight excluding hydrogens is 304 g/mol. The van der Waals surface area contributed by atoms with Gasteiger partial charge >= 0.3 is 0 Å². The number of carbonyl (C=O) groups excluding carboxylic acids is 2. The van der Waals surface area contributed by atoms with E-state index in [9.17, 15) is 9.59 Å². The van der Waals surface area contributed by atoms with E-state index in [4.69, 9.17) is 0 Å². The molecule has 1 aliphatic heterocycles. The van der Waals surface area contributed by atoms with Crippen LogP contribution in [0.1, 0.15) is 28.9 Å². The molecule has 24 heavy (non-hydrogen) atoms. The molecule has 1 aromatic heterocycles. The molecule has 6 nitrogen and oxygen atoms in total. The third kappa shape index (κ3) is 4.16. The van der Waals surface area contributed by atoms with Gasteiger partial charge in [-0.05, 0) is 18.4 Å². The van der Waals surface area contributed by atoms with Gasteiger partial charge in [0.2, 0.25) is 5.91 Å². The van der Waals surface area contributed by atoms with Crippen LogP contribution in [-0.4, -0.2) is 45.8 Å². The van der Waals surface area contributed by atoms with Crippen LogP contribution >= 0.6 is 0 Å². The maximum Gasteiger partial charge on any atom is 0.271 e. The summed E-state index contributed by atoms with van der Waals surface area (Å²) >= 11 is 0. The quantitative estimate of drug-likeness (QED) is 0.872. The summed E-state index contributed by atoms with van der Waals surface area (Å²) in [6, 6.07) is 10.1. The Morgan fingerprint density at radius 1 is 1.25 bits per heavy atom. The van der Waals surface area contributed by atoms with E-state index in [0.29, 0.717) is 19.5 Å². The van der Waals surface area contributed by atoms with Gasteiger partial charge in [-0.2, -0.15) is 0 Å². The molecule has 0 saturated carbocycles. The Hall–Kier alpha value is -2.76. The van der Waals surface area contributed by atoms with Crippen molar-refractivity contribution in [3.63, 3.8) is 0 Å². The van der Waals surface area contributed by atoms with Gasteiger partial charge in [-0.1, -0.05) is 30.3 Å². The van der Waals surface area contributed by atoms with Crippen LogP contribution in [0.25, 0.3) is 0 Å². The third-order valence-corrected chi connectivity index (χ3v) is 4.08. The summed E-state index contributed by atoms with van der Waals surface area (Å²) in [5.74, 6) is -0.195. The van der Waals surface area contributed by atoms with Crippen LogP contribution in [0.4, 0.5) is 0 Å².